The quantitative estimate of drug-likeness (QED) is 0.866. The second-order valence-electron chi connectivity index (χ2n) is 4.85. The van der Waals surface area contributed by atoms with Crippen LogP contribution >= 0.6 is 12.4 Å². The molecule has 0 spiro atoms. The van der Waals surface area contributed by atoms with Crippen LogP contribution in [0.15, 0.2) is 24.3 Å². The number of hydrogen-bond donors (Lipinski definition) is 2. The summed E-state index contributed by atoms with van der Waals surface area (Å²) < 4.78 is 33.7. The summed E-state index contributed by atoms with van der Waals surface area (Å²) in [6, 6.07) is 5.58. The van der Waals surface area contributed by atoms with Gasteiger partial charge in [0, 0.05) is 31.7 Å². The van der Waals surface area contributed by atoms with E-state index in [2.05, 4.69) is 5.32 Å². The number of benzene rings is 1. The molecule has 0 saturated carbocycles. The molecule has 0 bridgehead atoms. The predicted octanol–water partition coefficient (Wildman–Crippen LogP) is 1.69. The van der Waals surface area contributed by atoms with Gasteiger partial charge in [-0.3, -0.25) is 4.90 Å². The van der Waals surface area contributed by atoms with E-state index in [9.17, 15) is 8.78 Å². The third-order valence-electron chi connectivity index (χ3n) is 3.56. The van der Waals surface area contributed by atoms with E-state index >= 15 is 0 Å². The van der Waals surface area contributed by atoms with Gasteiger partial charge in [0.25, 0.3) is 5.92 Å². The number of aliphatic hydroxyl groups excluding tert-OH is 1. The molecule has 1 atom stereocenters. The number of rotatable bonds is 5. The molecule has 7 heteroatoms. The lowest BCUT2D eigenvalue weighted by Gasteiger charge is -2.39. The lowest BCUT2D eigenvalue weighted by molar-refractivity contribution is -0.119. The van der Waals surface area contributed by atoms with Gasteiger partial charge in [0.15, 0.2) is 0 Å². The smallest absolute Gasteiger partial charge is 0.290 e. The Bertz CT molecular complexity index is 443. The van der Waals surface area contributed by atoms with E-state index in [1.807, 2.05) is 0 Å². The first-order valence-corrected chi connectivity index (χ1v) is 6.66. The molecule has 1 aromatic rings. The number of piperazine rings is 1. The highest BCUT2D eigenvalue weighted by atomic mass is 35.5. The monoisotopic (exact) mass is 322 g/mol. The first kappa shape index (κ1) is 18.1. The van der Waals surface area contributed by atoms with E-state index in [1.54, 1.807) is 29.2 Å². The average molecular weight is 323 g/mol. The number of para-hydroxylation sites is 1. The number of hydrogen-bond acceptors (Lipinski definition) is 4. The van der Waals surface area contributed by atoms with Crippen LogP contribution in [0.25, 0.3) is 0 Å². The Morgan fingerprint density at radius 2 is 1.95 bits per heavy atom. The van der Waals surface area contributed by atoms with Crippen LogP contribution in [0.4, 0.5) is 8.78 Å². The van der Waals surface area contributed by atoms with E-state index in [-0.39, 0.29) is 12.4 Å². The van der Waals surface area contributed by atoms with Crippen LogP contribution in [0, 0.1) is 0 Å². The second kappa shape index (κ2) is 7.89. The number of ether oxygens (including phenoxy) is 1. The zero-order valence-corrected chi connectivity index (χ0v) is 12.7. The van der Waals surface area contributed by atoms with Crippen LogP contribution in [0.1, 0.15) is 11.6 Å². The van der Waals surface area contributed by atoms with Crippen LogP contribution in [-0.2, 0) is 0 Å². The molecule has 1 saturated heterocycles. The number of halogens is 3. The molecular weight excluding hydrogens is 302 g/mol. The van der Waals surface area contributed by atoms with Crippen molar-refractivity contribution in [1.29, 1.82) is 0 Å². The van der Waals surface area contributed by atoms with Crippen molar-refractivity contribution in [2.75, 3.05) is 39.9 Å². The molecule has 120 valence electrons. The van der Waals surface area contributed by atoms with Crippen molar-refractivity contribution in [1.82, 2.24) is 10.2 Å². The lowest BCUT2D eigenvalue weighted by Crippen LogP contribution is -2.51. The zero-order chi connectivity index (χ0) is 14.6. The average Bonchev–Trinajstić information content (AvgIpc) is 2.49. The normalized spacial score (nSPS) is 17.9. The Morgan fingerprint density at radius 1 is 1.33 bits per heavy atom. The number of alkyl halides is 2. The van der Waals surface area contributed by atoms with Gasteiger partial charge >= 0.3 is 0 Å². The predicted molar refractivity (Wildman–Crippen MR) is 79.5 cm³/mol. The Hall–Kier alpha value is -0.950. The van der Waals surface area contributed by atoms with Crippen molar-refractivity contribution >= 4 is 12.4 Å². The fourth-order valence-electron chi connectivity index (χ4n) is 2.61. The standard InChI is InChI=1S/C14H20F2N2O2.ClH/c1-20-12-5-3-2-4-11(12)13(14(15,16)10-19)18-8-6-17-7-9-18;/h2-5,13,17,19H,6-10H2,1H3;1H/t13-;/m1./s1. The minimum Gasteiger partial charge on any atom is -0.496 e. The van der Waals surface area contributed by atoms with Gasteiger partial charge in [-0.25, -0.2) is 8.78 Å². The molecule has 0 amide bonds. The highest BCUT2D eigenvalue weighted by Gasteiger charge is 2.45. The molecule has 0 unspecified atom stereocenters. The minimum atomic E-state index is -3.22. The largest absolute Gasteiger partial charge is 0.496 e. The molecule has 0 aliphatic carbocycles. The third kappa shape index (κ3) is 4.03. The Balaban J connectivity index is 0.00000220. The van der Waals surface area contributed by atoms with Crippen molar-refractivity contribution in [2.24, 2.45) is 0 Å². The lowest BCUT2D eigenvalue weighted by atomic mass is 9.97. The fourth-order valence-corrected chi connectivity index (χ4v) is 2.61. The maximum absolute atomic E-state index is 14.2. The molecule has 1 heterocycles. The van der Waals surface area contributed by atoms with E-state index in [1.165, 1.54) is 7.11 Å². The summed E-state index contributed by atoms with van der Waals surface area (Å²) in [4.78, 5) is 1.70. The first-order valence-electron chi connectivity index (χ1n) is 6.66. The summed E-state index contributed by atoms with van der Waals surface area (Å²) in [6.45, 7) is 1.16. The van der Waals surface area contributed by atoms with Crippen molar-refractivity contribution in [2.45, 2.75) is 12.0 Å². The van der Waals surface area contributed by atoms with Crippen molar-refractivity contribution in [3.05, 3.63) is 29.8 Å². The fraction of sp³-hybridized carbons (Fsp3) is 0.571. The summed E-state index contributed by atoms with van der Waals surface area (Å²) in [7, 11) is 1.46. The summed E-state index contributed by atoms with van der Waals surface area (Å²) in [6.07, 6.45) is 0. The van der Waals surface area contributed by atoms with Crippen LogP contribution in [0.3, 0.4) is 0 Å². The van der Waals surface area contributed by atoms with Gasteiger partial charge in [-0.1, -0.05) is 18.2 Å². The van der Waals surface area contributed by atoms with E-state index in [4.69, 9.17) is 9.84 Å². The molecule has 0 radical (unpaired) electrons. The molecule has 21 heavy (non-hydrogen) atoms. The zero-order valence-electron chi connectivity index (χ0n) is 11.9. The highest BCUT2D eigenvalue weighted by molar-refractivity contribution is 5.85. The Labute approximate surface area is 129 Å². The van der Waals surface area contributed by atoms with Crippen molar-refractivity contribution in [3.63, 3.8) is 0 Å². The Kier molecular flexibility index (Phi) is 6.80. The van der Waals surface area contributed by atoms with E-state index in [0.717, 1.165) is 0 Å². The molecule has 0 aromatic heterocycles. The number of aliphatic hydroxyl groups is 1. The van der Waals surface area contributed by atoms with Crippen LogP contribution in [-0.4, -0.2) is 55.8 Å². The van der Waals surface area contributed by atoms with E-state index in [0.29, 0.717) is 37.5 Å². The van der Waals surface area contributed by atoms with Crippen LogP contribution < -0.4 is 10.1 Å². The molecule has 1 fully saturated rings. The minimum absolute atomic E-state index is 0. The topological polar surface area (TPSA) is 44.7 Å². The second-order valence-corrected chi connectivity index (χ2v) is 4.85. The molecule has 1 aliphatic rings. The highest BCUT2D eigenvalue weighted by Crippen LogP contribution is 2.40. The maximum atomic E-state index is 14.2. The first-order chi connectivity index (χ1) is 9.60. The number of nitrogens with zero attached hydrogens (tertiary/aromatic N) is 1. The summed E-state index contributed by atoms with van der Waals surface area (Å²) in [5.74, 6) is -2.80. The molecule has 4 nitrogen and oxygen atoms in total. The van der Waals surface area contributed by atoms with Gasteiger partial charge in [-0.05, 0) is 6.07 Å². The molecular formula is C14H21ClF2N2O2. The van der Waals surface area contributed by atoms with Crippen LogP contribution in [0.2, 0.25) is 0 Å². The molecule has 1 aromatic carbocycles. The van der Waals surface area contributed by atoms with E-state index < -0.39 is 18.6 Å². The van der Waals surface area contributed by atoms with Gasteiger partial charge in [0.05, 0.1) is 7.11 Å². The number of nitrogens with one attached hydrogen (secondary N) is 1. The number of methoxy groups -OCH3 is 1. The molecule has 1 aliphatic heterocycles. The van der Waals surface area contributed by atoms with Crippen LogP contribution in [0.5, 0.6) is 5.75 Å². The molecule has 2 rings (SSSR count). The summed E-state index contributed by atoms with van der Waals surface area (Å²) in [5.41, 5.74) is 0.413. The van der Waals surface area contributed by atoms with Gasteiger partial charge in [-0.15, -0.1) is 12.4 Å². The summed E-state index contributed by atoms with van der Waals surface area (Å²) in [5, 5.41) is 12.2. The van der Waals surface area contributed by atoms with Crippen molar-refractivity contribution < 1.29 is 18.6 Å². The van der Waals surface area contributed by atoms with Gasteiger partial charge < -0.3 is 15.2 Å². The third-order valence-corrected chi connectivity index (χ3v) is 3.56. The van der Waals surface area contributed by atoms with Crippen molar-refractivity contribution in [3.8, 4) is 5.75 Å². The van der Waals surface area contributed by atoms with Gasteiger partial charge in [0.2, 0.25) is 0 Å². The maximum Gasteiger partial charge on any atom is 0.290 e. The molecule has 2 N–H and O–H groups in total. The van der Waals surface area contributed by atoms with Gasteiger partial charge in [-0.2, -0.15) is 0 Å². The Morgan fingerprint density at radius 3 is 2.52 bits per heavy atom. The summed E-state index contributed by atoms with van der Waals surface area (Å²) >= 11 is 0. The SMILES string of the molecule is COc1ccccc1[C@@H](N1CCNCC1)C(F)(F)CO.Cl. The van der Waals surface area contributed by atoms with Gasteiger partial charge in [0.1, 0.15) is 18.4 Å².